The minimum Gasteiger partial charge on any atom is -0.267 e. The number of carbonyl (C=O) groups excluding carboxylic acids is 1. The summed E-state index contributed by atoms with van der Waals surface area (Å²) in [6, 6.07) is 26.1. The SMILES string of the molecule is O=C1N=c2cccc(Cc3ccccc3)c2=C1c1ccccc1. The van der Waals surface area contributed by atoms with Gasteiger partial charge in [-0.05, 0) is 29.2 Å². The van der Waals surface area contributed by atoms with E-state index in [4.69, 9.17) is 0 Å². The highest BCUT2D eigenvalue weighted by Crippen LogP contribution is 2.16. The molecule has 1 heterocycles. The lowest BCUT2D eigenvalue weighted by atomic mass is 9.97. The predicted molar refractivity (Wildman–Crippen MR) is 90.4 cm³/mol. The van der Waals surface area contributed by atoms with Gasteiger partial charge >= 0.3 is 0 Å². The van der Waals surface area contributed by atoms with E-state index in [9.17, 15) is 4.79 Å². The molecule has 23 heavy (non-hydrogen) atoms. The van der Waals surface area contributed by atoms with E-state index in [0.717, 1.165) is 28.1 Å². The molecule has 0 saturated heterocycles. The third-order valence-corrected chi connectivity index (χ3v) is 4.11. The van der Waals surface area contributed by atoms with E-state index in [1.165, 1.54) is 5.56 Å². The van der Waals surface area contributed by atoms with Crippen LogP contribution in [-0.4, -0.2) is 5.91 Å². The zero-order valence-electron chi connectivity index (χ0n) is 12.6. The van der Waals surface area contributed by atoms with Gasteiger partial charge in [0.15, 0.2) is 0 Å². The smallest absolute Gasteiger partial charge is 0.267 e. The standard InChI is InChI=1S/C21H15NO/c23-21-20(16-10-5-2-6-11-16)19-17(12-7-13-18(19)22-21)14-15-8-3-1-4-9-15/h1-13H,14H2. The Morgan fingerprint density at radius 2 is 1.43 bits per heavy atom. The Hall–Kier alpha value is -3.00. The summed E-state index contributed by atoms with van der Waals surface area (Å²) in [6.45, 7) is 0. The number of benzene rings is 3. The van der Waals surface area contributed by atoms with Crippen LogP contribution < -0.4 is 10.6 Å². The van der Waals surface area contributed by atoms with Crippen LogP contribution >= 0.6 is 0 Å². The molecule has 2 nitrogen and oxygen atoms in total. The van der Waals surface area contributed by atoms with Crippen LogP contribution in [0.15, 0.2) is 83.9 Å². The molecule has 1 amide bonds. The zero-order valence-corrected chi connectivity index (χ0v) is 12.6. The van der Waals surface area contributed by atoms with Crippen LogP contribution in [0.25, 0.3) is 5.57 Å². The fourth-order valence-electron chi connectivity index (χ4n) is 3.08. The number of carbonyl (C=O) groups is 1. The Bertz CT molecular complexity index is 989. The van der Waals surface area contributed by atoms with Crippen LogP contribution in [0.5, 0.6) is 0 Å². The van der Waals surface area contributed by atoms with Crippen molar-refractivity contribution in [3.63, 3.8) is 0 Å². The van der Waals surface area contributed by atoms with Crippen molar-refractivity contribution in [3.8, 4) is 0 Å². The second-order valence-corrected chi connectivity index (χ2v) is 5.63. The maximum atomic E-state index is 12.4. The molecule has 3 aromatic rings. The van der Waals surface area contributed by atoms with Gasteiger partial charge < -0.3 is 0 Å². The molecule has 0 N–H and O–H groups in total. The summed E-state index contributed by atoms with van der Waals surface area (Å²) in [5, 5.41) is 1.76. The number of fused-ring (bicyclic) bond motifs is 1. The Balaban J connectivity index is 1.95. The highest BCUT2D eigenvalue weighted by atomic mass is 16.1. The first-order valence-corrected chi connectivity index (χ1v) is 7.67. The molecule has 0 aliphatic carbocycles. The molecular formula is C21H15NO. The molecule has 4 rings (SSSR count). The van der Waals surface area contributed by atoms with Crippen molar-refractivity contribution in [1.82, 2.24) is 0 Å². The summed E-state index contributed by atoms with van der Waals surface area (Å²) in [6.07, 6.45) is 0.795. The van der Waals surface area contributed by atoms with Gasteiger partial charge in [-0.15, -0.1) is 0 Å². The van der Waals surface area contributed by atoms with Crippen molar-refractivity contribution in [1.29, 1.82) is 0 Å². The van der Waals surface area contributed by atoms with Crippen molar-refractivity contribution in [2.24, 2.45) is 4.99 Å². The highest BCUT2D eigenvalue weighted by molar-refractivity contribution is 6.21. The summed E-state index contributed by atoms with van der Waals surface area (Å²) in [5.41, 5.74) is 4.02. The number of hydrogen-bond donors (Lipinski definition) is 0. The highest BCUT2D eigenvalue weighted by Gasteiger charge is 2.19. The Kier molecular flexibility index (Phi) is 3.35. The van der Waals surface area contributed by atoms with Crippen LogP contribution in [0.1, 0.15) is 16.7 Å². The summed E-state index contributed by atoms with van der Waals surface area (Å²) in [5.74, 6) is -0.147. The molecule has 3 aromatic carbocycles. The third kappa shape index (κ3) is 2.49. The molecule has 0 fully saturated rings. The molecular weight excluding hydrogens is 282 g/mol. The monoisotopic (exact) mass is 297 g/mol. The fourth-order valence-corrected chi connectivity index (χ4v) is 3.08. The maximum Gasteiger partial charge on any atom is 0.278 e. The van der Waals surface area contributed by atoms with Crippen molar-refractivity contribution in [3.05, 3.63) is 106 Å². The minimum atomic E-state index is -0.147. The Morgan fingerprint density at radius 3 is 2.17 bits per heavy atom. The molecule has 1 aliphatic heterocycles. The van der Waals surface area contributed by atoms with Gasteiger partial charge in [-0.1, -0.05) is 72.8 Å². The molecule has 0 bridgehead atoms. The number of amides is 1. The van der Waals surface area contributed by atoms with Gasteiger partial charge in [0.1, 0.15) is 0 Å². The lowest BCUT2D eigenvalue weighted by molar-refractivity contribution is -0.112. The minimum absolute atomic E-state index is 0.147. The molecule has 0 radical (unpaired) electrons. The van der Waals surface area contributed by atoms with E-state index >= 15 is 0 Å². The third-order valence-electron chi connectivity index (χ3n) is 4.11. The van der Waals surface area contributed by atoms with E-state index in [1.807, 2.05) is 60.7 Å². The molecule has 0 spiro atoms. The second kappa shape index (κ2) is 5.65. The van der Waals surface area contributed by atoms with E-state index in [0.29, 0.717) is 5.57 Å². The molecule has 0 saturated carbocycles. The molecule has 0 atom stereocenters. The first kappa shape index (κ1) is 13.6. The lowest BCUT2D eigenvalue weighted by Crippen LogP contribution is -2.28. The second-order valence-electron chi connectivity index (χ2n) is 5.63. The predicted octanol–water partition coefficient (Wildman–Crippen LogP) is 2.64. The number of nitrogens with zero attached hydrogens (tertiary/aromatic N) is 1. The topological polar surface area (TPSA) is 29.4 Å². The lowest BCUT2D eigenvalue weighted by Gasteiger charge is -2.05. The molecule has 2 heteroatoms. The van der Waals surface area contributed by atoms with E-state index < -0.39 is 0 Å². The van der Waals surface area contributed by atoms with Crippen LogP contribution in [0.2, 0.25) is 0 Å². The molecule has 110 valence electrons. The van der Waals surface area contributed by atoms with Gasteiger partial charge in [0, 0.05) is 5.22 Å². The average molecular weight is 297 g/mol. The normalized spacial score (nSPS) is 12.9. The van der Waals surface area contributed by atoms with Gasteiger partial charge in [0.25, 0.3) is 5.91 Å². The first-order chi connectivity index (χ1) is 11.3. The van der Waals surface area contributed by atoms with E-state index in [1.54, 1.807) is 0 Å². The van der Waals surface area contributed by atoms with Gasteiger partial charge in [-0.3, -0.25) is 4.79 Å². The molecule has 0 unspecified atom stereocenters. The van der Waals surface area contributed by atoms with Gasteiger partial charge in [0.05, 0.1) is 10.9 Å². The summed E-state index contributed by atoms with van der Waals surface area (Å²) >= 11 is 0. The van der Waals surface area contributed by atoms with Crippen LogP contribution in [0.4, 0.5) is 0 Å². The molecule has 0 aromatic heterocycles. The van der Waals surface area contributed by atoms with Gasteiger partial charge in [-0.25, -0.2) is 4.99 Å². The quantitative estimate of drug-likeness (QED) is 0.731. The largest absolute Gasteiger partial charge is 0.278 e. The van der Waals surface area contributed by atoms with Crippen molar-refractivity contribution in [2.45, 2.75) is 6.42 Å². The molecule has 1 aliphatic rings. The average Bonchev–Trinajstić information content (AvgIpc) is 2.93. The van der Waals surface area contributed by atoms with E-state index in [2.05, 4.69) is 23.2 Å². The van der Waals surface area contributed by atoms with Crippen molar-refractivity contribution >= 4 is 11.5 Å². The summed E-state index contributed by atoms with van der Waals surface area (Å²) in [7, 11) is 0. The first-order valence-electron chi connectivity index (χ1n) is 7.67. The maximum absolute atomic E-state index is 12.4. The number of hydrogen-bond acceptors (Lipinski definition) is 1. The van der Waals surface area contributed by atoms with Crippen LogP contribution in [0, 0.1) is 0 Å². The Morgan fingerprint density at radius 1 is 0.739 bits per heavy atom. The fraction of sp³-hybridized carbons (Fsp3) is 0.0476. The van der Waals surface area contributed by atoms with E-state index in [-0.39, 0.29) is 5.91 Å². The van der Waals surface area contributed by atoms with Crippen LogP contribution in [-0.2, 0) is 11.2 Å². The van der Waals surface area contributed by atoms with Gasteiger partial charge in [0.2, 0.25) is 0 Å². The summed E-state index contributed by atoms with van der Waals surface area (Å²) < 4.78 is 0. The van der Waals surface area contributed by atoms with Crippen LogP contribution in [0.3, 0.4) is 0 Å². The van der Waals surface area contributed by atoms with Crippen molar-refractivity contribution in [2.75, 3.05) is 0 Å². The Labute approximate surface area is 134 Å². The zero-order chi connectivity index (χ0) is 15.6. The summed E-state index contributed by atoms with van der Waals surface area (Å²) in [4.78, 5) is 16.7. The number of rotatable bonds is 3. The van der Waals surface area contributed by atoms with Gasteiger partial charge in [-0.2, -0.15) is 0 Å². The van der Waals surface area contributed by atoms with Crippen molar-refractivity contribution < 1.29 is 4.79 Å².